The maximum Gasteiger partial charge on any atom is 0.220 e. The largest absolute Gasteiger partial charge is 0.469 e. The molecular formula is C19H28N4O2. The molecule has 1 aromatic rings. The van der Waals surface area contributed by atoms with Gasteiger partial charge in [0.2, 0.25) is 5.91 Å². The summed E-state index contributed by atoms with van der Waals surface area (Å²) in [5.41, 5.74) is 0. The number of aliphatic imine (C=N–C) groups is 1. The Balaban J connectivity index is 1.36. The minimum atomic E-state index is 0.149. The maximum atomic E-state index is 11.4. The third-order valence-electron chi connectivity index (χ3n) is 5.87. The van der Waals surface area contributed by atoms with Gasteiger partial charge in [0.15, 0.2) is 5.96 Å². The van der Waals surface area contributed by atoms with Gasteiger partial charge in [-0.2, -0.15) is 0 Å². The first-order valence-electron chi connectivity index (χ1n) is 9.63. The molecular weight excluding hydrogens is 316 g/mol. The second-order valence-electron chi connectivity index (χ2n) is 7.67. The molecule has 4 unspecified atom stereocenters. The number of furan rings is 1. The van der Waals surface area contributed by atoms with Crippen molar-refractivity contribution in [2.45, 2.75) is 57.0 Å². The number of piperidine rings is 1. The average molecular weight is 344 g/mol. The number of carbonyl (C=O) groups is 1. The van der Waals surface area contributed by atoms with Crippen molar-refractivity contribution in [3.63, 3.8) is 0 Å². The van der Waals surface area contributed by atoms with Crippen molar-refractivity contribution in [1.29, 1.82) is 0 Å². The second-order valence-corrected chi connectivity index (χ2v) is 7.67. The highest BCUT2D eigenvalue weighted by Gasteiger charge is 2.40. The topological polar surface area (TPSA) is 78.7 Å². The molecule has 2 heterocycles. The summed E-state index contributed by atoms with van der Waals surface area (Å²) in [5.74, 6) is 3.71. The second kappa shape index (κ2) is 7.50. The predicted molar refractivity (Wildman–Crippen MR) is 96.3 cm³/mol. The van der Waals surface area contributed by atoms with Gasteiger partial charge in [-0.25, -0.2) is 0 Å². The van der Waals surface area contributed by atoms with E-state index in [9.17, 15) is 4.79 Å². The van der Waals surface area contributed by atoms with Crippen LogP contribution in [0, 0.1) is 11.8 Å². The Labute approximate surface area is 148 Å². The summed E-state index contributed by atoms with van der Waals surface area (Å²) < 4.78 is 5.39. The summed E-state index contributed by atoms with van der Waals surface area (Å²) in [5, 5.41) is 10.2. The van der Waals surface area contributed by atoms with Crippen LogP contribution in [0.25, 0.3) is 0 Å². The molecule has 2 saturated carbocycles. The van der Waals surface area contributed by atoms with Gasteiger partial charge in [-0.1, -0.05) is 6.42 Å². The van der Waals surface area contributed by atoms with E-state index in [1.54, 1.807) is 6.26 Å². The van der Waals surface area contributed by atoms with Crippen molar-refractivity contribution in [3.8, 4) is 0 Å². The summed E-state index contributed by atoms with van der Waals surface area (Å²) in [6.45, 7) is 1.37. The zero-order valence-electron chi connectivity index (χ0n) is 14.7. The Bertz CT molecular complexity index is 603. The molecule has 6 heteroatoms. The van der Waals surface area contributed by atoms with E-state index in [-0.39, 0.29) is 11.9 Å². The van der Waals surface area contributed by atoms with E-state index in [4.69, 9.17) is 9.41 Å². The van der Waals surface area contributed by atoms with Crippen LogP contribution in [0.5, 0.6) is 0 Å². The summed E-state index contributed by atoms with van der Waals surface area (Å²) in [6.07, 6.45) is 9.35. The van der Waals surface area contributed by atoms with Gasteiger partial charge in [-0.15, -0.1) is 0 Å². The Morgan fingerprint density at radius 2 is 2.24 bits per heavy atom. The molecule has 3 N–H and O–H groups in total. The van der Waals surface area contributed by atoms with Crippen LogP contribution in [0.4, 0.5) is 0 Å². The Kier molecular flexibility index (Phi) is 4.95. The molecule has 0 aromatic carbocycles. The fraction of sp³-hybridized carbons (Fsp3) is 0.684. The summed E-state index contributed by atoms with van der Waals surface area (Å²) in [6, 6.07) is 4.71. The van der Waals surface area contributed by atoms with E-state index in [0.717, 1.165) is 36.4 Å². The van der Waals surface area contributed by atoms with Crippen molar-refractivity contribution in [2.75, 3.05) is 13.1 Å². The van der Waals surface area contributed by atoms with Crippen LogP contribution in [0.3, 0.4) is 0 Å². The smallest absolute Gasteiger partial charge is 0.220 e. The van der Waals surface area contributed by atoms with Crippen LogP contribution < -0.4 is 16.0 Å². The Hall–Kier alpha value is -1.98. The van der Waals surface area contributed by atoms with E-state index in [2.05, 4.69) is 16.0 Å². The molecule has 4 atom stereocenters. The highest BCUT2D eigenvalue weighted by molar-refractivity contribution is 5.81. The van der Waals surface area contributed by atoms with Crippen LogP contribution in [0.1, 0.15) is 44.3 Å². The zero-order valence-corrected chi connectivity index (χ0v) is 14.7. The lowest BCUT2D eigenvalue weighted by atomic mass is 9.95. The van der Waals surface area contributed by atoms with E-state index in [0.29, 0.717) is 25.6 Å². The summed E-state index contributed by atoms with van der Waals surface area (Å²) in [7, 11) is 0. The summed E-state index contributed by atoms with van der Waals surface area (Å²) in [4.78, 5) is 16.1. The van der Waals surface area contributed by atoms with Gasteiger partial charge in [0, 0.05) is 38.0 Å². The highest BCUT2D eigenvalue weighted by atomic mass is 16.3. The number of guanidine groups is 1. The van der Waals surface area contributed by atoms with Gasteiger partial charge in [0.25, 0.3) is 0 Å². The third-order valence-corrected chi connectivity index (χ3v) is 5.87. The molecule has 3 aliphatic rings. The molecule has 136 valence electrons. The molecule has 0 spiro atoms. The average Bonchev–Trinajstić information content (AvgIpc) is 3.35. The molecule has 4 rings (SSSR count). The zero-order chi connectivity index (χ0) is 17.1. The van der Waals surface area contributed by atoms with Crippen molar-refractivity contribution in [3.05, 3.63) is 24.2 Å². The normalized spacial score (nSPS) is 31.8. The SMILES string of the molecule is O=C1CCC(NC(=NCCc2ccco2)NC2CC3CCC2C3)CN1. The first-order valence-corrected chi connectivity index (χ1v) is 9.63. The molecule has 0 radical (unpaired) electrons. The number of hydrogen-bond acceptors (Lipinski definition) is 3. The molecule has 2 aliphatic carbocycles. The predicted octanol–water partition coefficient (Wildman–Crippen LogP) is 1.82. The fourth-order valence-corrected chi connectivity index (χ4v) is 4.51. The first-order chi connectivity index (χ1) is 12.3. The van der Waals surface area contributed by atoms with Crippen LogP contribution >= 0.6 is 0 Å². The van der Waals surface area contributed by atoms with Crippen molar-refractivity contribution in [2.24, 2.45) is 16.8 Å². The lowest BCUT2D eigenvalue weighted by Crippen LogP contribution is -2.53. The lowest BCUT2D eigenvalue weighted by Gasteiger charge is -2.29. The Morgan fingerprint density at radius 1 is 1.28 bits per heavy atom. The molecule has 2 bridgehead atoms. The number of carbonyl (C=O) groups excluding carboxylic acids is 1. The number of fused-ring (bicyclic) bond motifs is 2. The van der Waals surface area contributed by atoms with Crippen LogP contribution in [0.2, 0.25) is 0 Å². The molecule has 1 aliphatic heterocycles. The molecule has 1 aromatic heterocycles. The van der Waals surface area contributed by atoms with Gasteiger partial charge in [0.1, 0.15) is 5.76 Å². The third kappa shape index (κ3) is 4.17. The summed E-state index contributed by atoms with van der Waals surface area (Å²) >= 11 is 0. The van der Waals surface area contributed by atoms with Crippen LogP contribution in [0.15, 0.2) is 27.8 Å². The fourth-order valence-electron chi connectivity index (χ4n) is 4.51. The van der Waals surface area contributed by atoms with Crippen molar-refractivity contribution >= 4 is 11.9 Å². The van der Waals surface area contributed by atoms with Gasteiger partial charge >= 0.3 is 0 Å². The van der Waals surface area contributed by atoms with Gasteiger partial charge < -0.3 is 20.4 Å². The van der Waals surface area contributed by atoms with Gasteiger partial charge in [-0.05, 0) is 49.7 Å². The molecule has 1 saturated heterocycles. The Morgan fingerprint density at radius 3 is 2.92 bits per heavy atom. The van der Waals surface area contributed by atoms with E-state index in [1.807, 2.05) is 12.1 Å². The first kappa shape index (κ1) is 16.5. The number of amides is 1. The molecule has 25 heavy (non-hydrogen) atoms. The lowest BCUT2D eigenvalue weighted by molar-refractivity contribution is -0.122. The highest BCUT2D eigenvalue weighted by Crippen LogP contribution is 2.44. The van der Waals surface area contributed by atoms with E-state index in [1.165, 1.54) is 25.7 Å². The molecule has 3 fully saturated rings. The van der Waals surface area contributed by atoms with Crippen LogP contribution in [-0.2, 0) is 11.2 Å². The van der Waals surface area contributed by atoms with E-state index < -0.39 is 0 Å². The molecule has 1 amide bonds. The number of rotatable bonds is 5. The minimum Gasteiger partial charge on any atom is -0.469 e. The van der Waals surface area contributed by atoms with Gasteiger partial charge in [0.05, 0.1) is 6.26 Å². The number of hydrogen-bond donors (Lipinski definition) is 3. The number of nitrogens with zero attached hydrogens (tertiary/aromatic N) is 1. The van der Waals surface area contributed by atoms with Crippen LogP contribution in [-0.4, -0.2) is 37.0 Å². The standard InChI is InChI=1S/C19H28N4O2/c24-18-6-5-15(12-21-18)22-19(20-8-7-16-2-1-9-25-16)23-17-11-13-3-4-14(17)10-13/h1-2,9,13-15,17H,3-8,10-12H2,(H,21,24)(H2,20,22,23). The maximum absolute atomic E-state index is 11.4. The monoisotopic (exact) mass is 344 g/mol. The van der Waals surface area contributed by atoms with Crippen molar-refractivity contribution < 1.29 is 9.21 Å². The quantitative estimate of drug-likeness (QED) is 0.562. The van der Waals surface area contributed by atoms with Crippen molar-refractivity contribution in [1.82, 2.24) is 16.0 Å². The minimum absolute atomic E-state index is 0.149. The van der Waals surface area contributed by atoms with Gasteiger partial charge in [-0.3, -0.25) is 9.79 Å². The number of nitrogens with one attached hydrogen (secondary N) is 3. The molecule has 6 nitrogen and oxygen atoms in total. The van der Waals surface area contributed by atoms with E-state index >= 15 is 0 Å².